The second kappa shape index (κ2) is 7.09. The van der Waals surface area contributed by atoms with E-state index in [-0.39, 0.29) is 0 Å². The molecule has 1 fully saturated rings. The van der Waals surface area contributed by atoms with Crippen molar-refractivity contribution in [2.75, 3.05) is 19.7 Å². The standard InChI is InChI=1S/C17H28N2O/c1-4-9-20-16-7-5-15(6-8-16)17(11-18)19-12-13(2)10-14(19)3/h5-8,13-14,17H,4,9-12,18H2,1-3H3. The highest BCUT2D eigenvalue weighted by molar-refractivity contribution is 5.29. The minimum Gasteiger partial charge on any atom is -0.494 e. The minimum absolute atomic E-state index is 0.329. The van der Waals surface area contributed by atoms with E-state index in [0.717, 1.165) is 31.2 Å². The summed E-state index contributed by atoms with van der Waals surface area (Å²) < 4.78 is 5.64. The molecule has 0 aromatic heterocycles. The quantitative estimate of drug-likeness (QED) is 0.867. The third-order valence-corrected chi connectivity index (χ3v) is 4.19. The summed E-state index contributed by atoms with van der Waals surface area (Å²) in [5, 5.41) is 0. The zero-order chi connectivity index (χ0) is 14.5. The fraction of sp³-hybridized carbons (Fsp3) is 0.647. The molecule has 3 nitrogen and oxygen atoms in total. The molecule has 0 aliphatic carbocycles. The summed E-state index contributed by atoms with van der Waals surface area (Å²) in [6.45, 7) is 9.36. The normalized spacial score (nSPS) is 24.8. The maximum absolute atomic E-state index is 6.04. The van der Waals surface area contributed by atoms with Crippen LogP contribution in [0, 0.1) is 5.92 Å². The summed E-state index contributed by atoms with van der Waals surface area (Å²) in [4.78, 5) is 2.55. The lowest BCUT2D eigenvalue weighted by Crippen LogP contribution is -2.36. The van der Waals surface area contributed by atoms with Crippen molar-refractivity contribution in [3.63, 3.8) is 0 Å². The van der Waals surface area contributed by atoms with Gasteiger partial charge in [-0.05, 0) is 43.4 Å². The number of hydrogen-bond donors (Lipinski definition) is 1. The van der Waals surface area contributed by atoms with Crippen LogP contribution in [0.4, 0.5) is 0 Å². The van der Waals surface area contributed by atoms with E-state index in [2.05, 4.69) is 49.9 Å². The molecule has 2 N–H and O–H groups in total. The number of benzene rings is 1. The van der Waals surface area contributed by atoms with Crippen LogP contribution in [-0.4, -0.2) is 30.6 Å². The Labute approximate surface area is 123 Å². The lowest BCUT2D eigenvalue weighted by molar-refractivity contribution is 0.192. The van der Waals surface area contributed by atoms with Gasteiger partial charge in [-0.15, -0.1) is 0 Å². The molecule has 3 unspecified atom stereocenters. The van der Waals surface area contributed by atoms with E-state index in [1.54, 1.807) is 0 Å². The zero-order valence-corrected chi connectivity index (χ0v) is 13.0. The Morgan fingerprint density at radius 2 is 2.00 bits per heavy atom. The summed E-state index contributed by atoms with van der Waals surface area (Å²) in [5.41, 5.74) is 7.34. The van der Waals surface area contributed by atoms with E-state index in [1.165, 1.54) is 12.0 Å². The van der Waals surface area contributed by atoms with Gasteiger partial charge in [-0.1, -0.05) is 26.0 Å². The number of hydrogen-bond acceptors (Lipinski definition) is 3. The molecule has 3 heteroatoms. The van der Waals surface area contributed by atoms with Crippen LogP contribution in [0.15, 0.2) is 24.3 Å². The van der Waals surface area contributed by atoms with Gasteiger partial charge in [0.1, 0.15) is 5.75 Å². The summed E-state index contributed by atoms with van der Waals surface area (Å²) in [6, 6.07) is 9.41. The Balaban J connectivity index is 2.07. The molecule has 0 bridgehead atoms. The average molecular weight is 276 g/mol. The lowest BCUT2D eigenvalue weighted by atomic mass is 10.0. The van der Waals surface area contributed by atoms with Crippen molar-refractivity contribution >= 4 is 0 Å². The molecule has 1 aromatic carbocycles. The van der Waals surface area contributed by atoms with Gasteiger partial charge in [0.25, 0.3) is 0 Å². The number of nitrogens with zero attached hydrogens (tertiary/aromatic N) is 1. The lowest BCUT2D eigenvalue weighted by Gasteiger charge is -2.31. The summed E-state index contributed by atoms with van der Waals surface area (Å²) >= 11 is 0. The van der Waals surface area contributed by atoms with Crippen LogP contribution < -0.4 is 10.5 Å². The van der Waals surface area contributed by atoms with Crippen LogP contribution in [0.25, 0.3) is 0 Å². The first kappa shape index (κ1) is 15.3. The van der Waals surface area contributed by atoms with Crippen LogP contribution in [-0.2, 0) is 0 Å². The van der Waals surface area contributed by atoms with Crippen molar-refractivity contribution in [3.8, 4) is 5.75 Å². The van der Waals surface area contributed by atoms with Crippen molar-refractivity contribution in [3.05, 3.63) is 29.8 Å². The predicted molar refractivity (Wildman–Crippen MR) is 84.0 cm³/mol. The highest BCUT2D eigenvalue weighted by atomic mass is 16.5. The first-order chi connectivity index (χ1) is 9.65. The highest BCUT2D eigenvalue weighted by Gasteiger charge is 2.31. The number of likely N-dealkylation sites (tertiary alicyclic amines) is 1. The number of nitrogens with two attached hydrogens (primary N) is 1. The fourth-order valence-corrected chi connectivity index (χ4v) is 3.24. The van der Waals surface area contributed by atoms with Crippen molar-refractivity contribution in [1.82, 2.24) is 4.90 Å². The Kier molecular flexibility index (Phi) is 5.44. The van der Waals surface area contributed by atoms with E-state index in [1.807, 2.05) is 0 Å². The number of ether oxygens (including phenoxy) is 1. The molecule has 0 spiro atoms. The molecular weight excluding hydrogens is 248 g/mol. The molecule has 1 saturated heterocycles. The van der Waals surface area contributed by atoms with Gasteiger partial charge in [0, 0.05) is 25.2 Å². The van der Waals surface area contributed by atoms with Crippen LogP contribution in [0.1, 0.15) is 45.2 Å². The first-order valence-corrected chi connectivity index (χ1v) is 7.84. The molecule has 1 aliphatic rings. The zero-order valence-electron chi connectivity index (χ0n) is 13.0. The highest BCUT2D eigenvalue weighted by Crippen LogP contribution is 2.32. The van der Waals surface area contributed by atoms with Crippen molar-refractivity contribution in [2.24, 2.45) is 11.7 Å². The maximum atomic E-state index is 6.04. The molecule has 0 amide bonds. The van der Waals surface area contributed by atoms with E-state index < -0.39 is 0 Å². The maximum Gasteiger partial charge on any atom is 0.119 e. The fourth-order valence-electron chi connectivity index (χ4n) is 3.24. The topological polar surface area (TPSA) is 38.5 Å². The Hall–Kier alpha value is -1.06. The third kappa shape index (κ3) is 3.53. The summed E-state index contributed by atoms with van der Waals surface area (Å²) in [7, 11) is 0. The Morgan fingerprint density at radius 1 is 1.30 bits per heavy atom. The second-order valence-electron chi connectivity index (χ2n) is 6.06. The van der Waals surface area contributed by atoms with E-state index in [4.69, 9.17) is 10.5 Å². The van der Waals surface area contributed by atoms with Gasteiger partial charge in [0.15, 0.2) is 0 Å². The van der Waals surface area contributed by atoms with Crippen molar-refractivity contribution in [1.29, 1.82) is 0 Å². The predicted octanol–water partition coefficient (Wildman–Crippen LogP) is 3.21. The van der Waals surface area contributed by atoms with Crippen molar-refractivity contribution < 1.29 is 4.74 Å². The van der Waals surface area contributed by atoms with Gasteiger partial charge in [-0.25, -0.2) is 0 Å². The monoisotopic (exact) mass is 276 g/mol. The van der Waals surface area contributed by atoms with E-state index in [0.29, 0.717) is 18.6 Å². The Bertz CT molecular complexity index is 404. The second-order valence-corrected chi connectivity index (χ2v) is 6.06. The molecule has 2 rings (SSSR count). The van der Waals surface area contributed by atoms with Gasteiger partial charge in [0.05, 0.1) is 6.61 Å². The third-order valence-electron chi connectivity index (χ3n) is 4.19. The van der Waals surface area contributed by atoms with Crippen LogP contribution in [0.3, 0.4) is 0 Å². The summed E-state index contributed by atoms with van der Waals surface area (Å²) in [6.07, 6.45) is 2.31. The first-order valence-electron chi connectivity index (χ1n) is 7.84. The summed E-state index contributed by atoms with van der Waals surface area (Å²) in [5.74, 6) is 1.72. The molecular formula is C17H28N2O. The van der Waals surface area contributed by atoms with E-state index in [9.17, 15) is 0 Å². The minimum atomic E-state index is 0.329. The molecule has 20 heavy (non-hydrogen) atoms. The van der Waals surface area contributed by atoms with Gasteiger partial charge in [0.2, 0.25) is 0 Å². The Morgan fingerprint density at radius 3 is 2.50 bits per heavy atom. The van der Waals surface area contributed by atoms with Gasteiger partial charge in [-0.2, -0.15) is 0 Å². The number of rotatable bonds is 6. The SMILES string of the molecule is CCCOc1ccc(C(CN)N2CC(C)CC2C)cc1. The molecule has 1 aromatic rings. The average Bonchev–Trinajstić information content (AvgIpc) is 2.78. The molecule has 1 aliphatic heterocycles. The molecule has 112 valence electrons. The van der Waals surface area contributed by atoms with Crippen LogP contribution >= 0.6 is 0 Å². The van der Waals surface area contributed by atoms with Crippen LogP contribution in [0.2, 0.25) is 0 Å². The molecule has 3 atom stereocenters. The van der Waals surface area contributed by atoms with Gasteiger partial charge >= 0.3 is 0 Å². The van der Waals surface area contributed by atoms with E-state index >= 15 is 0 Å². The van der Waals surface area contributed by atoms with Crippen LogP contribution in [0.5, 0.6) is 5.75 Å². The van der Waals surface area contributed by atoms with Gasteiger partial charge in [-0.3, -0.25) is 4.90 Å². The molecule has 1 heterocycles. The smallest absolute Gasteiger partial charge is 0.119 e. The largest absolute Gasteiger partial charge is 0.494 e. The molecule has 0 saturated carbocycles. The molecule has 0 radical (unpaired) electrons. The van der Waals surface area contributed by atoms with Gasteiger partial charge < -0.3 is 10.5 Å². The van der Waals surface area contributed by atoms with Crippen molar-refractivity contribution in [2.45, 2.75) is 45.7 Å².